The predicted molar refractivity (Wildman–Crippen MR) is 78.8 cm³/mol. The number of aliphatic imine (C=N–C) groups is 1. The Balaban J connectivity index is 0.00000162. The Morgan fingerprint density at radius 2 is 2.22 bits per heavy atom. The molecule has 0 aromatic carbocycles. The maximum Gasteiger partial charge on any atom is 0.191 e. The van der Waals surface area contributed by atoms with Gasteiger partial charge in [0.15, 0.2) is 5.96 Å². The molecule has 1 aliphatic heterocycles. The summed E-state index contributed by atoms with van der Waals surface area (Å²) in [4.78, 5) is 10.5. The highest BCUT2D eigenvalue weighted by Crippen LogP contribution is 1.99. The summed E-state index contributed by atoms with van der Waals surface area (Å²) in [6.07, 6.45) is 1.54. The van der Waals surface area contributed by atoms with Gasteiger partial charge in [0.25, 0.3) is 0 Å². The Kier molecular flexibility index (Phi) is 6.33. The number of aromatic nitrogens is 3. The Morgan fingerprint density at radius 1 is 1.50 bits per heavy atom. The molecule has 0 amide bonds. The zero-order valence-corrected chi connectivity index (χ0v) is 12.8. The van der Waals surface area contributed by atoms with E-state index in [4.69, 9.17) is 10.5 Å². The lowest BCUT2D eigenvalue weighted by molar-refractivity contribution is 0.0674. The predicted octanol–water partition coefficient (Wildman–Crippen LogP) is 0.0629. The molecule has 2 heterocycles. The molecule has 7 nitrogen and oxygen atoms in total. The normalized spacial score (nSPS) is 16.5. The van der Waals surface area contributed by atoms with E-state index in [9.17, 15) is 0 Å². The molecule has 0 radical (unpaired) electrons. The number of aryl methyl sites for hydroxylation is 1. The standard InChI is InChI=1S/C10H18N6O.HI/c1-2-16-9(13-8-14-16)7-12-10(11)15-3-5-17-6-4-15;/h8H,2-7H2,1H3,(H2,11,12);1H. The molecule has 0 bridgehead atoms. The van der Waals surface area contributed by atoms with Crippen LogP contribution in [0.3, 0.4) is 0 Å². The molecule has 1 aliphatic rings. The lowest BCUT2D eigenvalue weighted by atomic mass is 10.4. The minimum atomic E-state index is 0. The van der Waals surface area contributed by atoms with Crippen molar-refractivity contribution in [3.8, 4) is 0 Å². The summed E-state index contributed by atoms with van der Waals surface area (Å²) in [6, 6.07) is 0. The van der Waals surface area contributed by atoms with Crippen LogP contribution < -0.4 is 5.73 Å². The van der Waals surface area contributed by atoms with Gasteiger partial charge in [-0.1, -0.05) is 0 Å². The second-order valence-corrected chi connectivity index (χ2v) is 3.77. The molecule has 8 heteroatoms. The van der Waals surface area contributed by atoms with E-state index in [1.807, 2.05) is 16.5 Å². The molecule has 0 aliphatic carbocycles. The van der Waals surface area contributed by atoms with Gasteiger partial charge >= 0.3 is 0 Å². The van der Waals surface area contributed by atoms with Crippen LogP contribution in [-0.4, -0.2) is 51.9 Å². The molecule has 18 heavy (non-hydrogen) atoms. The lowest BCUT2D eigenvalue weighted by Gasteiger charge is -2.27. The van der Waals surface area contributed by atoms with E-state index in [1.54, 1.807) is 6.33 Å². The lowest BCUT2D eigenvalue weighted by Crippen LogP contribution is -2.44. The first-order chi connectivity index (χ1) is 8.31. The van der Waals surface area contributed by atoms with Gasteiger partial charge in [-0.05, 0) is 6.92 Å². The van der Waals surface area contributed by atoms with Crippen LogP contribution in [0.4, 0.5) is 0 Å². The summed E-state index contributed by atoms with van der Waals surface area (Å²) >= 11 is 0. The molecule has 1 aromatic rings. The van der Waals surface area contributed by atoms with Crippen LogP contribution in [-0.2, 0) is 17.8 Å². The van der Waals surface area contributed by atoms with Gasteiger partial charge in [0.05, 0.1) is 13.2 Å². The number of halogens is 1. The Morgan fingerprint density at radius 3 is 2.89 bits per heavy atom. The number of nitrogens with two attached hydrogens (primary N) is 1. The average Bonchev–Trinajstić information content (AvgIpc) is 2.84. The number of morpholine rings is 1. The second kappa shape index (κ2) is 7.52. The van der Waals surface area contributed by atoms with Crippen molar-refractivity contribution >= 4 is 29.9 Å². The van der Waals surface area contributed by atoms with Crippen molar-refractivity contribution in [2.45, 2.75) is 20.0 Å². The number of ether oxygens (including phenoxy) is 1. The number of guanidine groups is 1. The van der Waals surface area contributed by atoms with Crippen molar-refractivity contribution in [3.63, 3.8) is 0 Å². The van der Waals surface area contributed by atoms with Crippen LogP contribution in [0.25, 0.3) is 0 Å². The maximum atomic E-state index is 5.92. The van der Waals surface area contributed by atoms with Crippen LogP contribution in [0.15, 0.2) is 11.3 Å². The highest BCUT2D eigenvalue weighted by molar-refractivity contribution is 14.0. The number of hydrogen-bond acceptors (Lipinski definition) is 4. The Labute approximate surface area is 123 Å². The SMILES string of the molecule is CCn1ncnc1CN=C(N)N1CCOCC1.I. The van der Waals surface area contributed by atoms with Crippen molar-refractivity contribution in [3.05, 3.63) is 12.2 Å². The van der Waals surface area contributed by atoms with Gasteiger partial charge < -0.3 is 15.4 Å². The maximum absolute atomic E-state index is 5.92. The quantitative estimate of drug-likeness (QED) is 0.465. The fourth-order valence-electron chi connectivity index (χ4n) is 1.72. The van der Waals surface area contributed by atoms with Crippen molar-refractivity contribution < 1.29 is 4.74 Å². The topological polar surface area (TPSA) is 81.6 Å². The summed E-state index contributed by atoms with van der Waals surface area (Å²) in [5, 5.41) is 4.09. The smallest absolute Gasteiger partial charge is 0.191 e. The molecular formula is C10H19IN6O. The van der Waals surface area contributed by atoms with Gasteiger partial charge in [-0.15, -0.1) is 24.0 Å². The van der Waals surface area contributed by atoms with Crippen molar-refractivity contribution in [2.75, 3.05) is 26.3 Å². The highest BCUT2D eigenvalue weighted by atomic mass is 127. The zero-order chi connectivity index (χ0) is 12.1. The van der Waals surface area contributed by atoms with Crippen LogP contribution in [0.1, 0.15) is 12.7 Å². The van der Waals surface area contributed by atoms with Crippen molar-refractivity contribution in [2.24, 2.45) is 10.7 Å². The molecular weight excluding hydrogens is 347 g/mol. The Hall–Kier alpha value is -0.900. The molecule has 2 N–H and O–H groups in total. The van der Waals surface area contributed by atoms with E-state index in [0.29, 0.717) is 25.7 Å². The third-order valence-corrected chi connectivity index (χ3v) is 2.71. The molecule has 102 valence electrons. The van der Waals surface area contributed by atoms with Gasteiger partial charge in [-0.2, -0.15) is 5.10 Å². The van der Waals surface area contributed by atoms with Gasteiger partial charge in [0.2, 0.25) is 0 Å². The number of rotatable bonds is 3. The first-order valence-corrected chi connectivity index (χ1v) is 5.80. The fourth-order valence-corrected chi connectivity index (χ4v) is 1.72. The minimum Gasteiger partial charge on any atom is -0.378 e. The van der Waals surface area contributed by atoms with E-state index in [2.05, 4.69) is 15.1 Å². The number of hydrogen-bond donors (Lipinski definition) is 1. The summed E-state index contributed by atoms with van der Waals surface area (Å²) < 4.78 is 7.07. The monoisotopic (exact) mass is 366 g/mol. The molecule has 1 fully saturated rings. The third-order valence-electron chi connectivity index (χ3n) is 2.71. The average molecular weight is 366 g/mol. The van der Waals surface area contributed by atoms with Crippen molar-refractivity contribution in [1.82, 2.24) is 19.7 Å². The van der Waals surface area contributed by atoms with Gasteiger partial charge in [-0.25, -0.2) is 14.7 Å². The highest BCUT2D eigenvalue weighted by Gasteiger charge is 2.12. The second-order valence-electron chi connectivity index (χ2n) is 3.77. The molecule has 0 spiro atoms. The first-order valence-electron chi connectivity index (χ1n) is 5.80. The summed E-state index contributed by atoms with van der Waals surface area (Å²) in [5.74, 6) is 1.39. The van der Waals surface area contributed by atoms with Gasteiger partial charge in [0.1, 0.15) is 18.7 Å². The van der Waals surface area contributed by atoms with Gasteiger partial charge in [0, 0.05) is 19.6 Å². The molecule has 2 rings (SSSR count). The fraction of sp³-hybridized carbons (Fsp3) is 0.700. The van der Waals surface area contributed by atoms with Crippen LogP contribution in [0.5, 0.6) is 0 Å². The molecule has 1 aromatic heterocycles. The molecule has 0 saturated carbocycles. The summed E-state index contributed by atoms with van der Waals surface area (Å²) in [6.45, 7) is 6.31. The van der Waals surface area contributed by atoms with Crippen LogP contribution in [0.2, 0.25) is 0 Å². The van der Waals surface area contributed by atoms with E-state index in [-0.39, 0.29) is 24.0 Å². The molecule has 1 saturated heterocycles. The molecule has 0 unspecified atom stereocenters. The summed E-state index contributed by atoms with van der Waals surface area (Å²) in [7, 11) is 0. The zero-order valence-electron chi connectivity index (χ0n) is 10.4. The van der Waals surface area contributed by atoms with E-state index in [0.717, 1.165) is 25.5 Å². The third kappa shape index (κ3) is 3.80. The first kappa shape index (κ1) is 15.2. The summed E-state index contributed by atoms with van der Waals surface area (Å²) in [5.41, 5.74) is 5.92. The Bertz CT molecular complexity index is 387. The largest absolute Gasteiger partial charge is 0.378 e. The van der Waals surface area contributed by atoms with Gasteiger partial charge in [-0.3, -0.25) is 0 Å². The van der Waals surface area contributed by atoms with Crippen LogP contribution >= 0.6 is 24.0 Å². The minimum absolute atomic E-state index is 0. The van der Waals surface area contributed by atoms with Crippen LogP contribution in [0, 0.1) is 0 Å². The van der Waals surface area contributed by atoms with E-state index >= 15 is 0 Å². The van der Waals surface area contributed by atoms with E-state index in [1.165, 1.54) is 0 Å². The van der Waals surface area contributed by atoms with E-state index < -0.39 is 0 Å². The number of nitrogens with zero attached hydrogens (tertiary/aromatic N) is 5. The van der Waals surface area contributed by atoms with Crippen molar-refractivity contribution in [1.29, 1.82) is 0 Å². The molecule has 0 atom stereocenters.